The lowest BCUT2D eigenvalue weighted by atomic mass is 10.00. The number of likely N-dealkylation sites (tertiary alicyclic amines) is 1. The van der Waals surface area contributed by atoms with E-state index in [4.69, 9.17) is 10.5 Å². The third kappa shape index (κ3) is 3.33. The molecule has 1 saturated carbocycles. The van der Waals surface area contributed by atoms with E-state index in [1.165, 1.54) is 0 Å². The standard InChI is InChI=1S/C12H22N2O2.ClH/c1-16-9-4-3-7-14(8-9)12(15)10-5-2-6-11(10)13;/h9-11H,2-8,13H2,1H3;1H. The second-order valence-electron chi connectivity index (χ2n) is 4.99. The molecule has 0 bridgehead atoms. The van der Waals surface area contributed by atoms with Crippen LogP contribution in [-0.4, -0.2) is 43.2 Å². The van der Waals surface area contributed by atoms with Gasteiger partial charge in [-0.1, -0.05) is 6.42 Å². The van der Waals surface area contributed by atoms with E-state index in [1.54, 1.807) is 7.11 Å². The third-order valence-corrected chi connectivity index (χ3v) is 3.91. The molecule has 1 aliphatic heterocycles. The summed E-state index contributed by atoms with van der Waals surface area (Å²) in [5.74, 6) is 0.322. The molecule has 3 unspecified atom stereocenters. The fraction of sp³-hybridized carbons (Fsp3) is 0.917. The average Bonchev–Trinajstić information content (AvgIpc) is 2.74. The quantitative estimate of drug-likeness (QED) is 0.813. The van der Waals surface area contributed by atoms with Gasteiger partial charge in [-0.2, -0.15) is 0 Å². The Bertz CT molecular complexity index is 263. The number of piperidine rings is 1. The molecule has 0 aromatic carbocycles. The van der Waals surface area contributed by atoms with Crippen LogP contribution in [-0.2, 0) is 9.53 Å². The van der Waals surface area contributed by atoms with E-state index in [-0.39, 0.29) is 36.4 Å². The van der Waals surface area contributed by atoms with Crippen molar-refractivity contribution in [2.45, 2.75) is 44.2 Å². The van der Waals surface area contributed by atoms with Crippen molar-refractivity contribution in [3.63, 3.8) is 0 Å². The van der Waals surface area contributed by atoms with Crippen molar-refractivity contribution in [1.29, 1.82) is 0 Å². The number of hydrogen-bond acceptors (Lipinski definition) is 3. The summed E-state index contributed by atoms with van der Waals surface area (Å²) < 4.78 is 5.34. The minimum Gasteiger partial charge on any atom is -0.380 e. The Kier molecular flexibility index (Phi) is 5.70. The lowest BCUT2D eigenvalue weighted by Gasteiger charge is -2.34. The molecule has 0 aromatic rings. The van der Waals surface area contributed by atoms with Crippen LogP contribution in [0, 0.1) is 5.92 Å². The van der Waals surface area contributed by atoms with Gasteiger partial charge in [-0.05, 0) is 25.7 Å². The van der Waals surface area contributed by atoms with Gasteiger partial charge in [0.2, 0.25) is 5.91 Å². The van der Waals surface area contributed by atoms with Gasteiger partial charge in [0.1, 0.15) is 0 Å². The second-order valence-corrected chi connectivity index (χ2v) is 4.99. The zero-order valence-electron chi connectivity index (χ0n) is 10.4. The first-order valence-corrected chi connectivity index (χ1v) is 6.29. The first kappa shape index (κ1) is 14.7. The van der Waals surface area contributed by atoms with E-state index in [9.17, 15) is 4.79 Å². The predicted molar refractivity (Wildman–Crippen MR) is 69.2 cm³/mol. The smallest absolute Gasteiger partial charge is 0.227 e. The van der Waals surface area contributed by atoms with Crippen molar-refractivity contribution >= 4 is 18.3 Å². The predicted octanol–water partition coefficient (Wildman–Crippen LogP) is 1.17. The molecule has 4 nitrogen and oxygen atoms in total. The van der Waals surface area contributed by atoms with Crippen LogP contribution in [0.4, 0.5) is 0 Å². The first-order valence-electron chi connectivity index (χ1n) is 6.29. The lowest BCUT2D eigenvalue weighted by molar-refractivity contribution is -0.139. The summed E-state index contributed by atoms with van der Waals surface area (Å²) >= 11 is 0. The zero-order chi connectivity index (χ0) is 11.5. The van der Waals surface area contributed by atoms with Crippen molar-refractivity contribution in [1.82, 2.24) is 4.90 Å². The van der Waals surface area contributed by atoms with Crippen molar-refractivity contribution in [3.8, 4) is 0 Å². The summed E-state index contributed by atoms with van der Waals surface area (Å²) in [5.41, 5.74) is 5.97. The summed E-state index contributed by atoms with van der Waals surface area (Å²) in [6, 6.07) is 0.0791. The van der Waals surface area contributed by atoms with Crippen molar-refractivity contribution in [2.75, 3.05) is 20.2 Å². The minimum absolute atomic E-state index is 0. The van der Waals surface area contributed by atoms with Gasteiger partial charge in [0.25, 0.3) is 0 Å². The number of rotatable bonds is 2. The zero-order valence-corrected chi connectivity index (χ0v) is 11.2. The normalized spacial score (nSPS) is 33.3. The molecule has 100 valence electrons. The van der Waals surface area contributed by atoms with E-state index in [2.05, 4.69) is 0 Å². The number of nitrogens with zero attached hydrogens (tertiary/aromatic N) is 1. The van der Waals surface area contributed by atoms with Gasteiger partial charge in [0, 0.05) is 26.2 Å². The minimum atomic E-state index is 0. The Morgan fingerprint density at radius 2 is 2.06 bits per heavy atom. The topological polar surface area (TPSA) is 55.6 Å². The highest BCUT2D eigenvalue weighted by molar-refractivity contribution is 5.85. The highest BCUT2D eigenvalue weighted by Gasteiger charge is 2.35. The van der Waals surface area contributed by atoms with Gasteiger partial charge < -0.3 is 15.4 Å². The van der Waals surface area contributed by atoms with E-state index in [0.29, 0.717) is 0 Å². The maximum absolute atomic E-state index is 12.3. The van der Waals surface area contributed by atoms with Gasteiger partial charge in [0.05, 0.1) is 12.0 Å². The molecular formula is C12H23ClN2O2. The van der Waals surface area contributed by atoms with Crippen LogP contribution in [0.25, 0.3) is 0 Å². The molecule has 1 amide bonds. The Labute approximate surface area is 109 Å². The summed E-state index contributed by atoms with van der Waals surface area (Å²) in [6.45, 7) is 1.63. The highest BCUT2D eigenvalue weighted by atomic mass is 35.5. The average molecular weight is 263 g/mol. The number of hydrogen-bond donors (Lipinski definition) is 1. The fourth-order valence-corrected chi connectivity index (χ4v) is 2.86. The molecule has 17 heavy (non-hydrogen) atoms. The van der Waals surface area contributed by atoms with Gasteiger partial charge in [-0.25, -0.2) is 0 Å². The summed E-state index contributed by atoms with van der Waals surface area (Å²) in [7, 11) is 1.72. The Morgan fingerprint density at radius 3 is 2.65 bits per heavy atom. The molecule has 3 atom stereocenters. The molecule has 1 heterocycles. The van der Waals surface area contributed by atoms with Gasteiger partial charge in [-0.3, -0.25) is 4.79 Å². The molecule has 5 heteroatoms. The number of carbonyl (C=O) groups is 1. The van der Waals surface area contributed by atoms with Gasteiger partial charge in [0.15, 0.2) is 0 Å². The highest BCUT2D eigenvalue weighted by Crippen LogP contribution is 2.27. The van der Waals surface area contributed by atoms with Crippen molar-refractivity contribution in [3.05, 3.63) is 0 Å². The first-order chi connectivity index (χ1) is 7.72. The van der Waals surface area contributed by atoms with Gasteiger partial charge >= 0.3 is 0 Å². The van der Waals surface area contributed by atoms with Crippen LogP contribution < -0.4 is 5.73 Å². The fourth-order valence-electron chi connectivity index (χ4n) is 2.86. The molecule has 0 aromatic heterocycles. The molecule has 0 radical (unpaired) electrons. The maximum Gasteiger partial charge on any atom is 0.227 e. The Balaban J connectivity index is 0.00000144. The summed E-state index contributed by atoms with van der Waals surface area (Å²) in [6.07, 6.45) is 5.39. The maximum atomic E-state index is 12.3. The summed E-state index contributed by atoms with van der Waals surface area (Å²) in [4.78, 5) is 14.2. The number of amides is 1. The molecule has 2 rings (SSSR count). The molecule has 1 aliphatic carbocycles. The van der Waals surface area contributed by atoms with Crippen LogP contribution in [0.2, 0.25) is 0 Å². The van der Waals surface area contributed by atoms with E-state index in [0.717, 1.165) is 45.2 Å². The van der Waals surface area contributed by atoms with Crippen molar-refractivity contribution < 1.29 is 9.53 Å². The Morgan fingerprint density at radius 1 is 1.29 bits per heavy atom. The largest absolute Gasteiger partial charge is 0.380 e. The van der Waals surface area contributed by atoms with E-state index >= 15 is 0 Å². The number of halogens is 1. The Hall–Kier alpha value is -0.320. The molecule has 2 fully saturated rings. The third-order valence-electron chi connectivity index (χ3n) is 3.91. The molecular weight excluding hydrogens is 240 g/mol. The number of nitrogens with two attached hydrogens (primary N) is 1. The molecule has 0 spiro atoms. The monoisotopic (exact) mass is 262 g/mol. The number of methoxy groups -OCH3 is 1. The molecule has 1 saturated heterocycles. The molecule has 2 N–H and O–H groups in total. The number of ether oxygens (including phenoxy) is 1. The second kappa shape index (κ2) is 6.57. The SMILES string of the molecule is COC1CCCN(C(=O)C2CCCC2N)C1.Cl. The van der Waals surface area contributed by atoms with E-state index in [1.807, 2.05) is 4.90 Å². The van der Waals surface area contributed by atoms with Crippen LogP contribution in [0.15, 0.2) is 0 Å². The lowest BCUT2D eigenvalue weighted by Crippen LogP contribution is -2.48. The van der Waals surface area contributed by atoms with Crippen LogP contribution in [0.1, 0.15) is 32.1 Å². The molecule has 2 aliphatic rings. The summed E-state index contributed by atoms with van der Waals surface area (Å²) in [5, 5.41) is 0. The number of carbonyl (C=O) groups excluding carboxylic acids is 1. The van der Waals surface area contributed by atoms with Crippen molar-refractivity contribution in [2.24, 2.45) is 11.7 Å². The van der Waals surface area contributed by atoms with Crippen LogP contribution in [0.3, 0.4) is 0 Å². The van der Waals surface area contributed by atoms with Crippen LogP contribution in [0.5, 0.6) is 0 Å². The van der Waals surface area contributed by atoms with Crippen LogP contribution >= 0.6 is 12.4 Å². The van der Waals surface area contributed by atoms with E-state index < -0.39 is 0 Å². The van der Waals surface area contributed by atoms with Gasteiger partial charge in [-0.15, -0.1) is 12.4 Å².